The van der Waals surface area contributed by atoms with Crippen molar-refractivity contribution in [1.82, 2.24) is 0 Å². The number of hydrogen-bond donors (Lipinski definition) is 0. The van der Waals surface area contributed by atoms with Crippen molar-refractivity contribution in [2.24, 2.45) is 0 Å². The van der Waals surface area contributed by atoms with Crippen LogP contribution in [0, 0.1) is 0 Å². The van der Waals surface area contributed by atoms with Crippen LogP contribution in [0.4, 0.5) is 0 Å². The van der Waals surface area contributed by atoms with Gasteiger partial charge >= 0.3 is 18.9 Å². The molecular weight excluding hydrogens is 234 g/mol. The summed E-state index contributed by atoms with van der Waals surface area (Å²) in [6.07, 6.45) is 0. The standard InChI is InChI=1S/C18H15B.Li/c1-4-10-16(11-5-1)19(17-12-6-2-7-13-17)18-14-8-3-9-15-18;/h1-15H;/q;+1. The van der Waals surface area contributed by atoms with E-state index in [1.807, 2.05) is 0 Å². The first kappa shape index (κ1) is 14.7. The molecule has 3 aromatic rings. The molecule has 0 aliphatic carbocycles. The second-order valence-corrected chi connectivity index (χ2v) is 4.67. The molecule has 0 radical (unpaired) electrons. The van der Waals surface area contributed by atoms with E-state index in [9.17, 15) is 0 Å². The summed E-state index contributed by atoms with van der Waals surface area (Å²) in [4.78, 5) is 0. The molecule has 2 heteroatoms. The maximum Gasteiger partial charge on any atom is 1.00 e. The summed E-state index contributed by atoms with van der Waals surface area (Å²) in [5.74, 6) is 0. The van der Waals surface area contributed by atoms with E-state index in [1.165, 1.54) is 16.4 Å². The Morgan fingerprint density at radius 2 is 0.650 bits per heavy atom. The summed E-state index contributed by atoms with van der Waals surface area (Å²) in [6, 6.07) is 32.0. The predicted molar refractivity (Wildman–Crippen MR) is 84.0 cm³/mol. The first-order valence-electron chi connectivity index (χ1n) is 6.60. The molecule has 0 amide bonds. The van der Waals surface area contributed by atoms with E-state index in [2.05, 4.69) is 91.0 Å². The van der Waals surface area contributed by atoms with Gasteiger partial charge in [0.25, 0.3) is 0 Å². The van der Waals surface area contributed by atoms with E-state index < -0.39 is 0 Å². The van der Waals surface area contributed by atoms with Gasteiger partial charge in [-0.15, -0.1) is 0 Å². The average molecular weight is 249 g/mol. The molecule has 0 spiro atoms. The van der Waals surface area contributed by atoms with Crippen LogP contribution in [-0.4, -0.2) is 6.71 Å². The van der Waals surface area contributed by atoms with Crippen LogP contribution in [0.25, 0.3) is 0 Å². The number of rotatable bonds is 3. The number of hydrogen-bond acceptors (Lipinski definition) is 0. The van der Waals surface area contributed by atoms with E-state index in [4.69, 9.17) is 0 Å². The van der Waals surface area contributed by atoms with Gasteiger partial charge in [0.15, 0.2) is 0 Å². The zero-order valence-electron chi connectivity index (χ0n) is 11.7. The van der Waals surface area contributed by atoms with Crippen molar-refractivity contribution in [3.63, 3.8) is 0 Å². The summed E-state index contributed by atoms with van der Waals surface area (Å²) in [5.41, 5.74) is 4.00. The van der Waals surface area contributed by atoms with Crippen LogP contribution in [-0.2, 0) is 0 Å². The minimum Gasteiger partial charge on any atom is -0.0687 e. The molecule has 20 heavy (non-hydrogen) atoms. The smallest absolute Gasteiger partial charge is 0.0687 e. The zero-order chi connectivity index (χ0) is 12.9. The molecule has 90 valence electrons. The van der Waals surface area contributed by atoms with Crippen LogP contribution in [0.1, 0.15) is 0 Å². The Kier molecular flexibility index (Phi) is 5.30. The Hall–Kier alpha value is -1.68. The third-order valence-corrected chi connectivity index (χ3v) is 3.40. The van der Waals surface area contributed by atoms with Crippen LogP contribution in [0.2, 0.25) is 0 Å². The van der Waals surface area contributed by atoms with E-state index >= 15 is 0 Å². The third-order valence-electron chi connectivity index (χ3n) is 3.40. The quantitative estimate of drug-likeness (QED) is 0.533. The molecular formula is C18H15BLi+. The van der Waals surface area contributed by atoms with Crippen LogP contribution in [0.5, 0.6) is 0 Å². The Balaban J connectivity index is 0.00000147. The van der Waals surface area contributed by atoms with Gasteiger partial charge in [-0.3, -0.25) is 0 Å². The molecule has 3 aromatic carbocycles. The molecule has 0 saturated carbocycles. The van der Waals surface area contributed by atoms with Gasteiger partial charge in [-0.25, -0.2) is 0 Å². The molecule has 0 N–H and O–H groups in total. The largest absolute Gasteiger partial charge is 1.00 e. The minimum atomic E-state index is 0. The molecule has 3 rings (SSSR count). The summed E-state index contributed by atoms with van der Waals surface area (Å²) in [5, 5.41) is 0. The molecule has 0 aromatic heterocycles. The molecule has 0 saturated heterocycles. The fourth-order valence-electron chi connectivity index (χ4n) is 2.51. The van der Waals surface area contributed by atoms with Crippen LogP contribution in [0.15, 0.2) is 91.0 Å². The molecule has 0 heterocycles. The zero-order valence-corrected chi connectivity index (χ0v) is 11.7. The molecule has 0 bridgehead atoms. The summed E-state index contributed by atoms with van der Waals surface area (Å²) in [7, 11) is 0. The van der Waals surface area contributed by atoms with Gasteiger partial charge in [0.1, 0.15) is 0 Å². The van der Waals surface area contributed by atoms with Gasteiger partial charge in [0, 0.05) is 0 Å². The van der Waals surface area contributed by atoms with Gasteiger partial charge in [-0.1, -0.05) is 107 Å². The molecule has 0 aliphatic rings. The number of benzene rings is 3. The molecule has 0 aliphatic heterocycles. The summed E-state index contributed by atoms with van der Waals surface area (Å²) < 4.78 is 0. The second-order valence-electron chi connectivity index (χ2n) is 4.67. The Morgan fingerprint density at radius 3 is 0.900 bits per heavy atom. The van der Waals surface area contributed by atoms with Crippen LogP contribution in [0.3, 0.4) is 0 Å². The minimum absolute atomic E-state index is 0. The van der Waals surface area contributed by atoms with E-state index in [0.29, 0.717) is 6.71 Å². The second kappa shape index (κ2) is 7.20. The molecule has 0 unspecified atom stereocenters. The van der Waals surface area contributed by atoms with Crippen molar-refractivity contribution in [3.8, 4) is 0 Å². The molecule has 0 fully saturated rings. The van der Waals surface area contributed by atoms with Gasteiger partial charge < -0.3 is 0 Å². The SMILES string of the molecule is [Li+].c1ccc(B(c2ccccc2)c2ccccc2)cc1. The first-order chi connectivity index (χ1) is 9.45. The third kappa shape index (κ3) is 3.25. The van der Waals surface area contributed by atoms with Gasteiger partial charge in [0.2, 0.25) is 6.71 Å². The fourth-order valence-corrected chi connectivity index (χ4v) is 2.51. The van der Waals surface area contributed by atoms with Crippen molar-refractivity contribution < 1.29 is 18.9 Å². The van der Waals surface area contributed by atoms with Crippen LogP contribution >= 0.6 is 0 Å². The fraction of sp³-hybridized carbons (Fsp3) is 0. The van der Waals surface area contributed by atoms with E-state index in [0.717, 1.165) is 0 Å². The van der Waals surface area contributed by atoms with Gasteiger partial charge in [0.05, 0.1) is 0 Å². The van der Waals surface area contributed by atoms with E-state index in [-0.39, 0.29) is 18.9 Å². The van der Waals surface area contributed by atoms with Crippen molar-refractivity contribution in [2.45, 2.75) is 0 Å². The van der Waals surface area contributed by atoms with Crippen molar-refractivity contribution >= 4 is 23.1 Å². The maximum absolute atomic E-state index is 2.20. The van der Waals surface area contributed by atoms with Gasteiger partial charge in [-0.05, 0) is 0 Å². The Labute approximate surface area is 133 Å². The molecule has 0 nitrogen and oxygen atoms in total. The molecule has 0 atom stereocenters. The first-order valence-corrected chi connectivity index (χ1v) is 6.60. The summed E-state index contributed by atoms with van der Waals surface area (Å²) in [6.45, 7) is 0.309. The van der Waals surface area contributed by atoms with Gasteiger partial charge in [-0.2, -0.15) is 0 Å². The van der Waals surface area contributed by atoms with Crippen LogP contribution < -0.4 is 35.2 Å². The monoisotopic (exact) mass is 249 g/mol. The predicted octanol–water partition coefficient (Wildman–Crippen LogP) is -0.793. The Morgan fingerprint density at radius 1 is 0.400 bits per heavy atom. The van der Waals surface area contributed by atoms with Crippen molar-refractivity contribution in [1.29, 1.82) is 0 Å². The normalized spacial score (nSPS) is 9.60. The average Bonchev–Trinajstić information content (AvgIpc) is 2.51. The van der Waals surface area contributed by atoms with Crippen molar-refractivity contribution in [2.75, 3.05) is 0 Å². The summed E-state index contributed by atoms with van der Waals surface area (Å²) >= 11 is 0. The maximum atomic E-state index is 2.20. The topological polar surface area (TPSA) is 0 Å². The Bertz CT molecular complexity index is 529. The van der Waals surface area contributed by atoms with E-state index in [1.54, 1.807) is 0 Å². The van der Waals surface area contributed by atoms with Crippen molar-refractivity contribution in [3.05, 3.63) is 91.0 Å².